The third-order valence-electron chi connectivity index (χ3n) is 7.19. The number of aromatic nitrogens is 3. The van der Waals surface area contributed by atoms with Gasteiger partial charge in [0, 0.05) is 22.4 Å². The molecule has 2 aliphatic heterocycles. The van der Waals surface area contributed by atoms with Crippen molar-refractivity contribution >= 4 is 69.5 Å². The predicted octanol–water partition coefficient (Wildman–Crippen LogP) is 2.04. The summed E-state index contributed by atoms with van der Waals surface area (Å²) < 4.78 is 5.60. The Morgan fingerprint density at radius 1 is 1.08 bits per heavy atom. The fraction of sp³-hybridized carbons (Fsp3) is 0.172. The van der Waals surface area contributed by atoms with Crippen molar-refractivity contribution in [3.05, 3.63) is 69.9 Å². The second kappa shape index (κ2) is 14.0. The summed E-state index contributed by atoms with van der Waals surface area (Å²) in [6.07, 6.45) is 0. The van der Waals surface area contributed by atoms with Crippen LogP contribution in [-0.4, -0.2) is 98.0 Å². The number of oxime groups is 1. The number of carboxylic acid groups (broad SMARTS) is 2. The molecule has 2 aliphatic rings. The highest BCUT2D eigenvalue weighted by molar-refractivity contribution is 8.01. The van der Waals surface area contributed by atoms with Crippen molar-refractivity contribution in [2.45, 2.75) is 23.2 Å². The van der Waals surface area contributed by atoms with E-state index in [1.165, 1.54) is 53.5 Å². The largest absolute Gasteiger partial charge is 0.507 e. The second-order valence-corrected chi connectivity index (χ2v) is 13.3. The molecule has 1 saturated heterocycles. The zero-order valence-corrected chi connectivity index (χ0v) is 27.5. The molecule has 2 amide bonds. The highest BCUT2D eigenvalue weighted by Gasteiger charge is 2.54. The minimum atomic E-state index is -1.35. The summed E-state index contributed by atoms with van der Waals surface area (Å²) in [5, 5.41) is 63.5. The lowest BCUT2D eigenvalue weighted by atomic mass is 10.0. The maximum atomic E-state index is 13.4. The number of nitrogens with zero attached hydrogens (tertiary/aromatic N) is 5. The maximum absolute atomic E-state index is 13.4. The van der Waals surface area contributed by atoms with Crippen molar-refractivity contribution in [1.82, 2.24) is 25.4 Å². The standard InChI is InChI=1S/C29H23N7O11S3/c30-28-31-15(10-49-28)19(35-46-7-11-1-3-16(37)14(5-11)26(42)43)22(40)32-20-24(41)36-21(27(44)45)13(8-48-25(20)36)9-50-29-34-33-23(47-29)12-2-4-17(38)18(39)6-12/h1-6,10,20,25,37-39H,7-9H2,(H2,30,31)(H,32,40)(H,42,43)(H,44,45)/t20-,25+/m1/s1. The molecule has 0 aliphatic carbocycles. The lowest BCUT2D eigenvalue weighted by Gasteiger charge is -2.49. The summed E-state index contributed by atoms with van der Waals surface area (Å²) in [5.74, 6) is -5.03. The van der Waals surface area contributed by atoms with E-state index >= 15 is 0 Å². The fourth-order valence-corrected chi connectivity index (χ4v) is 7.61. The normalized spacial score (nSPS) is 17.2. The number of hydrogen-bond acceptors (Lipinski definition) is 17. The molecule has 50 heavy (non-hydrogen) atoms. The number of aliphatic carboxylic acids is 1. The number of carboxylic acids is 2. The quantitative estimate of drug-likeness (QED) is 0.0359. The number of thioether (sulfide) groups is 2. The first-order valence-electron chi connectivity index (χ1n) is 14.1. The first kappa shape index (κ1) is 34.1. The average Bonchev–Trinajstić information content (AvgIpc) is 3.74. The monoisotopic (exact) mass is 741 g/mol. The molecular formula is C29H23N7O11S3. The van der Waals surface area contributed by atoms with Crippen molar-refractivity contribution in [3.63, 3.8) is 0 Å². The molecule has 2 aromatic heterocycles. The highest BCUT2D eigenvalue weighted by atomic mass is 32.2. The summed E-state index contributed by atoms with van der Waals surface area (Å²) in [6, 6.07) is 6.62. The van der Waals surface area contributed by atoms with Crippen LogP contribution in [0.1, 0.15) is 21.6 Å². The molecule has 0 saturated carbocycles. The molecule has 21 heteroatoms. The van der Waals surface area contributed by atoms with E-state index in [1.54, 1.807) is 0 Å². The summed E-state index contributed by atoms with van der Waals surface area (Å²) in [4.78, 5) is 60.9. The molecule has 258 valence electrons. The number of nitrogen functional groups attached to an aromatic ring is 1. The number of carbonyl (C=O) groups is 4. The van der Waals surface area contributed by atoms with Crippen LogP contribution in [0.15, 0.2) is 67.8 Å². The van der Waals surface area contributed by atoms with Crippen molar-refractivity contribution in [2.24, 2.45) is 5.16 Å². The van der Waals surface area contributed by atoms with Gasteiger partial charge in [0.2, 0.25) is 5.89 Å². The number of benzene rings is 2. The van der Waals surface area contributed by atoms with E-state index in [2.05, 4.69) is 25.7 Å². The van der Waals surface area contributed by atoms with Gasteiger partial charge in [0.1, 0.15) is 40.7 Å². The lowest BCUT2D eigenvalue weighted by molar-refractivity contribution is -0.150. The minimum absolute atomic E-state index is 0.0404. The SMILES string of the molecule is Nc1nc(C(=NOCc2ccc(O)c(C(=O)O)c2)C(=O)N[C@@H]2C(=O)N3C(C(=O)O)=C(CSc4nnc(-c5ccc(O)c(O)c5)o4)CS[C@@H]23)cs1. The smallest absolute Gasteiger partial charge is 0.352 e. The molecule has 0 bridgehead atoms. The van der Waals surface area contributed by atoms with E-state index in [0.717, 1.165) is 28.0 Å². The average molecular weight is 742 g/mol. The van der Waals surface area contributed by atoms with Gasteiger partial charge in [-0.3, -0.25) is 14.5 Å². The third-order valence-corrected chi connectivity index (χ3v) is 10.1. The Morgan fingerprint density at radius 2 is 1.86 bits per heavy atom. The minimum Gasteiger partial charge on any atom is -0.507 e. The van der Waals surface area contributed by atoms with Crippen molar-refractivity contribution in [2.75, 3.05) is 17.2 Å². The van der Waals surface area contributed by atoms with Crippen LogP contribution in [0.3, 0.4) is 0 Å². The highest BCUT2D eigenvalue weighted by Crippen LogP contribution is 2.42. The number of β-lactam (4-membered cyclic amide) rings is 1. The molecule has 4 heterocycles. The van der Waals surface area contributed by atoms with Crippen molar-refractivity contribution in [1.29, 1.82) is 0 Å². The first-order valence-corrected chi connectivity index (χ1v) is 17.0. The summed E-state index contributed by atoms with van der Waals surface area (Å²) in [5.41, 5.74) is 5.93. The van der Waals surface area contributed by atoms with Crippen molar-refractivity contribution < 1.29 is 54.0 Å². The molecule has 1 fully saturated rings. The topological polar surface area (TPSA) is 284 Å². The van der Waals surface area contributed by atoms with Gasteiger partial charge >= 0.3 is 11.9 Å². The number of phenolic OH excluding ortho intramolecular Hbond substituents is 2. The molecular weight excluding hydrogens is 719 g/mol. The van der Waals surface area contributed by atoms with E-state index in [-0.39, 0.29) is 68.5 Å². The van der Waals surface area contributed by atoms with Crippen LogP contribution in [0.4, 0.5) is 5.13 Å². The Balaban J connectivity index is 1.14. The van der Waals surface area contributed by atoms with Gasteiger partial charge in [-0.05, 0) is 41.5 Å². The van der Waals surface area contributed by atoms with E-state index in [9.17, 15) is 44.7 Å². The third kappa shape index (κ3) is 6.86. The fourth-order valence-electron chi connectivity index (χ4n) is 4.81. The van der Waals surface area contributed by atoms with Crippen LogP contribution in [-0.2, 0) is 25.8 Å². The zero-order chi connectivity index (χ0) is 35.7. The van der Waals surface area contributed by atoms with E-state index < -0.39 is 40.9 Å². The molecule has 8 N–H and O–H groups in total. The van der Waals surface area contributed by atoms with Crippen LogP contribution in [0.25, 0.3) is 11.5 Å². The van der Waals surface area contributed by atoms with E-state index in [1.807, 2.05) is 0 Å². The number of aromatic hydroxyl groups is 3. The van der Waals surface area contributed by atoms with Gasteiger partial charge in [-0.1, -0.05) is 23.0 Å². The molecule has 4 aromatic rings. The van der Waals surface area contributed by atoms with E-state index in [0.29, 0.717) is 16.7 Å². The van der Waals surface area contributed by atoms with Gasteiger partial charge < -0.3 is 45.8 Å². The number of amides is 2. The number of thiazole rings is 1. The Kier molecular flexibility index (Phi) is 9.52. The molecule has 18 nitrogen and oxygen atoms in total. The van der Waals surface area contributed by atoms with Crippen LogP contribution in [0, 0.1) is 0 Å². The lowest BCUT2D eigenvalue weighted by Crippen LogP contribution is -2.71. The second-order valence-electron chi connectivity index (χ2n) is 10.4. The van der Waals surface area contributed by atoms with Crippen LogP contribution in [0.5, 0.6) is 17.2 Å². The number of rotatable bonds is 12. The Hall–Kier alpha value is -5.80. The molecule has 6 rings (SSSR count). The van der Waals surface area contributed by atoms with Gasteiger partial charge in [0.05, 0.1) is 0 Å². The van der Waals surface area contributed by atoms with Gasteiger partial charge in [0.25, 0.3) is 17.0 Å². The molecule has 0 spiro atoms. The first-order chi connectivity index (χ1) is 23.9. The number of carbonyl (C=O) groups excluding carboxylic acids is 2. The molecule has 0 unspecified atom stereocenters. The van der Waals surface area contributed by atoms with Crippen molar-refractivity contribution in [3.8, 4) is 28.7 Å². The van der Waals surface area contributed by atoms with E-state index in [4.69, 9.17) is 15.0 Å². The zero-order valence-electron chi connectivity index (χ0n) is 25.0. The van der Waals surface area contributed by atoms with Crippen LogP contribution in [0.2, 0.25) is 0 Å². The number of phenols is 3. The molecule has 2 atom stereocenters. The number of nitrogens with two attached hydrogens (primary N) is 1. The predicted molar refractivity (Wildman–Crippen MR) is 176 cm³/mol. The summed E-state index contributed by atoms with van der Waals surface area (Å²) >= 11 is 3.30. The number of nitrogens with one attached hydrogen (secondary N) is 1. The number of anilines is 1. The van der Waals surface area contributed by atoms with Gasteiger partial charge in [-0.15, -0.1) is 33.3 Å². The Bertz CT molecular complexity index is 2100. The number of hydrogen-bond donors (Lipinski definition) is 7. The van der Waals surface area contributed by atoms with Gasteiger partial charge in [-0.25, -0.2) is 14.6 Å². The number of aromatic carboxylic acids is 1. The summed E-state index contributed by atoms with van der Waals surface area (Å²) in [7, 11) is 0. The van der Waals surface area contributed by atoms with Crippen LogP contribution < -0.4 is 11.1 Å². The summed E-state index contributed by atoms with van der Waals surface area (Å²) in [6.45, 7) is -0.287. The maximum Gasteiger partial charge on any atom is 0.352 e. The number of fused-ring (bicyclic) bond motifs is 1. The Morgan fingerprint density at radius 3 is 2.56 bits per heavy atom. The van der Waals surface area contributed by atoms with Gasteiger partial charge in [0.15, 0.2) is 22.3 Å². The Labute approximate surface area is 292 Å². The molecule has 2 aromatic carbocycles. The van der Waals surface area contributed by atoms with Gasteiger partial charge in [-0.2, -0.15) is 0 Å². The molecule has 0 radical (unpaired) electrons. The van der Waals surface area contributed by atoms with Crippen LogP contribution >= 0.6 is 34.9 Å².